The average molecular weight is 823 g/mol. The second kappa shape index (κ2) is 13.2. The van der Waals surface area contributed by atoms with Crippen molar-refractivity contribution in [2.45, 2.75) is 70.8 Å². The Kier molecular flexibility index (Phi) is 10.8. The van der Waals surface area contributed by atoms with Gasteiger partial charge in [0, 0.05) is 31.6 Å². The molecule has 1 heterocycles. The Morgan fingerprint density at radius 3 is 1.36 bits per heavy atom. The molecule has 0 amide bonds. The van der Waals surface area contributed by atoms with E-state index in [1.807, 2.05) is 0 Å². The van der Waals surface area contributed by atoms with Crippen LogP contribution in [0.5, 0.6) is 5.75 Å². The van der Waals surface area contributed by atoms with Crippen molar-refractivity contribution in [3.8, 4) is 5.75 Å². The minimum absolute atomic E-state index is 0.00893. The first kappa shape index (κ1) is 43.1. The number of ether oxygens (including phenoxy) is 1. The number of carboxylic acid groups (broad SMARTS) is 2. The highest BCUT2D eigenvalue weighted by molar-refractivity contribution is 7.92. The van der Waals surface area contributed by atoms with Gasteiger partial charge >= 0.3 is 58.9 Å². The Bertz CT molecular complexity index is 1790. The molecule has 0 atom stereocenters. The Morgan fingerprint density at radius 1 is 0.604 bits per heavy atom. The normalized spacial score (nSPS) is 16.4. The minimum Gasteiger partial charge on any atom is -0.490 e. The van der Waals surface area contributed by atoms with Crippen LogP contribution in [0, 0.1) is 0 Å². The molecular formula is C27H18F17NO7S. The van der Waals surface area contributed by atoms with Gasteiger partial charge in [0.25, 0.3) is 0 Å². The lowest BCUT2D eigenvalue weighted by Gasteiger charge is -2.42. The van der Waals surface area contributed by atoms with Crippen molar-refractivity contribution in [1.29, 1.82) is 0 Å². The summed E-state index contributed by atoms with van der Waals surface area (Å²) >= 11 is 0. The summed E-state index contributed by atoms with van der Waals surface area (Å²) in [6, 6.07) is 3.94. The van der Waals surface area contributed by atoms with Gasteiger partial charge in [-0.3, -0.25) is 0 Å². The van der Waals surface area contributed by atoms with E-state index in [0.717, 1.165) is 18.2 Å². The number of sulfone groups is 1. The van der Waals surface area contributed by atoms with Crippen molar-refractivity contribution in [1.82, 2.24) is 0 Å². The molecule has 2 aromatic rings. The summed E-state index contributed by atoms with van der Waals surface area (Å²) in [6.45, 7) is -0.133. The van der Waals surface area contributed by atoms with Gasteiger partial charge in [-0.1, -0.05) is 0 Å². The molecule has 0 spiro atoms. The van der Waals surface area contributed by atoms with Gasteiger partial charge in [-0.25, -0.2) is 18.0 Å². The molecule has 2 aromatic carbocycles. The summed E-state index contributed by atoms with van der Waals surface area (Å²) in [5.74, 6) is -55.3. The summed E-state index contributed by atoms with van der Waals surface area (Å²) in [5, 5.41) is 10.7. The third-order valence-electron chi connectivity index (χ3n) is 7.69. The van der Waals surface area contributed by atoms with Gasteiger partial charge in [0.05, 0.1) is 16.0 Å². The predicted octanol–water partition coefficient (Wildman–Crippen LogP) is 7.87. The number of hydrogen-bond donors (Lipinski definition) is 2. The van der Waals surface area contributed by atoms with E-state index >= 15 is 0 Å². The molecule has 1 aliphatic heterocycles. The number of hydrogen-bond acceptors (Lipinski definition) is 6. The lowest BCUT2D eigenvalue weighted by Crippen LogP contribution is -2.75. The third kappa shape index (κ3) is 6.74. The predicted molar refractivity (Wildman–Crippen MR) is 141 cm³/mol. The summed E-state index contributed by atoms with van der Waals surface area (Å²) in [4.78, 5) is 21.8. The Labute approximate surface area is 283 Å². The summed E-state index contributed by atoms with van der Waals surface area (Å²) < 4.78 is 262. The highest BCUT2D eigenvalue weighted by atomic mass is 32.2. The number of carboxylic acids is 2. The molecule has 53 heavy (non-hydrogen) atoms. The van der Waals surface area contributed by atoms with Crippen LogP contribution in [0.25, 0.3) is 0 Å². The lowest BCUT2D eigenvalue weighted by molar-refractivity contribution is -0.458. The molecule has 26 heteroatoms. The Morgan fingerprint density at radius 2 is 0.981 bits per heavy atom. The van der Waals surface area contributed by atoms with Gasteiger partial charge in [0.1, 0.15) is 11.9 Å². The van der Waals surface area contributed by atoms with E-state index in [-0.39, 0.29) is 49.5 Å². The van der Waals surface area contributed by atoms with Crippen molar-refractivity contribution >= 4 is 27.5 Å². The SMILES string of the molecule is O=C(O)c1cc(OC2CCN(c3ccc(S(=O)(=O)C(F)(F)C(F)(F)C(F)(F)C(F)(F)C(F)(F)C(F)(F)C(F)(F)C(F)(F)F)cc3)CC2)cc(C(=O)O)c1. The van der Waals surface area contributed by atoms with Crippen LogP contribution in [0.2, 0.25) is 0 Å². The summed E-state index contributed by atoms with van der Waals surface area (Å²) in [5.41, 5.74) is -1.03. The van der Waals surface area contributed by atoms with E-state index in [2.05, 4.69) is 0 Å². The van der Waals surface area contributed by atoms with Crippen molar-refractivity contribution in [3.05, 3.63) is 53.6 Å². The smallest absolute Gasteiger partial charge is 0.460 e. The summed E-state index contributed by atoms with van der Waals surface area (Å²) in [7, 11) is -7.46. The Balaban J connectivity index is 1.85. The molecule has 1 aliphatic rings. The topological polar surface area (TPSA) is 121 Å². The second-order valence-electron chi connectivity index (χ2n) is 11.1. The van der Waals surface area contributed by atoms with Gasteiger partial charge < -0.3 is 19.8 Å². The number of alkyl halides is 17. The zero-order valence-electron chi connectivity index (χ0n) is 25.2. The van der Waals surface area contributed by atoms with E-state index in [9.17, 15) is 92.6 Å². The first-order valence-electron chi connectivity index (χ1n) is 13.7. The molecule has 0 unspecified atom stereocenters. The molecule has 0 aromatic heterocycles. The lowest BCUT2D eigenvalue weighted by atomic mass is 9.91. The second-order valence-corrected chi connectivity index (χ2v) is 13.1. The van der Waals surface area contributed by atoms with E-state index in [4.69, 9.17) is 14.9 Å². The number of aromatic carboxylic acids is 2. The van der Waals surface area contributed by atoms with Crippen LogP contribution in [0.1, 0.15) is 33.6 Å². The maximum atomic E-state index is 14.6. The zero-order valence-corrected chi connectivity index (χ0v) is 26.0. The fraction of sp³-hybridized carbons (Fsp3) is 0.481. The fourth-order valence-corrected chi connectivity index (χ4v) is 5.90. The van der Waals surface area contributed by atoms with Crippen molar-refractivity contribution in [2.24, 2.45) is 0 Å². The maximum absolute atomic E-state index is 14.6. The number of nitrogens with zero attached hydrogens (tertiary/aromatic N) is 1. The summed E-state index contributed by atoms with van der Waals surface area (Å²) in [6.07, 6.45) is -8.59. The first-order chi connectivity index (χ1) is 23.6. The molecule has 8 nitrogen and oxygen atoms in total. The van der Waals surface area contributed by atoms with Crippen LogP contribution >= 0.6 is 0 Å². The van der Waals surface area contributed by atoms with Crippen LogP contribution in [0.15, 0.2) is 47.4 Å². The number of benzene rings is 2. The number of anilines is 1. The van der Waals surface area contributed by atoms with Crippen molar-refractivity contribution in [3.63, 3.8) is 0 Å². The molecule has 0 bridgehead atoms. The molecule has 1 fully saturated rings. The number of piperidine rings is 1. The molecule has 0 radical (unpaired) electrons. The largest absolute Gasteiger partial charge is 0.490 e. The molecule has 2 N–H and O–H groups in total. The molecule has 3 rings (SSSR count). The van der Waals surface area contributed by atoms with E-state index in [1.165, 1.54) is 4.90 Å². The van der Waals surface area contributed by atoms with E-state index < -0.39 is 90.9 Å². The highest BCUT2D eigenvalue weighted by Gasteiger charge is 2.96. The van der Waals surface area contributed by atoms with Gasteiger partial charge in [-0.2, -0.15) is 74.6 Å². The van der Waals surface area contributed by atoms with Gasteiger partial charge in [0.15, 0.2) is 0 Å². The third-order valence-corrected chi connectivity index (χ3v) is 9.51. The maximum Gasteiger partial charge on any atom is 0.460 e. The minimum atomic E-state index is -8.93. The Hall–Kier alpha value is -4.26. The zero-order chi connectivity index (χ0) is 41.2. The molecular weight excluding hydrogens is 805 g/mol. The average Bonchev–Trinajstić information content (AvgIpc) is 3.03. The molecule has 0 aliphatic carbocycles. The van der Waals surface area contributed by atoms with Crippen LogP contribution in [-0.4, -0.2) is 96.7 Å². The van der Waals surface area contributed by atoms with Crippen molar-refractivity contribution < 1.29 is 108 Å². The highest BCUT2D eigenvalue weighted by Crippen LogP contribution is 2.64. The van der Waals surface area contributed by atoms with Crippen LogP contribution in [0.3, 0.4) is 0 Å². The molecule has 298 valence electrons. The molecule has 1 saturated heterocycles. The number of halogens is 17. The van der Waals surface area contributed by atoms with Gasteiger partial charge in [0.2, 0.25) is 9.84 Å². The van der Waals surface area contributed by atoms with Gasteiger partial charge in [-0.05, 0) is 42.5 Å². The number of carbonyl (C=O) groups is 2. The monoisotopic (exact) mass is 823 g/mol. The first-order valence-corrected chi connectivity index (χ1v) is 15.2. The standard InChI is InChI=1S/C27H18F17NO7S/c28-20(29,22(32,33)24(36,37)26(40,41)42)21(30,31)23(34,35)25(38,39)27(43,44)53(50,51)17-3-1-14(2-4-17)45-7-5-15(6-8-45)52-16-10-12(18(46)47)9-13(11-16)19(48)49/h1-4,9-11,15H,5-8H2,(H,46,47)(H,48,49). The number of rotatable bonds is 13. The van der Waals surface area contributed by atoms with E-state index in [0.29, 0.717) is 12.1 Å². The van der Waals surface area contributed by atoms with Crippen LogP contribution in [-0.2, 0) is 9.84 Å². The van der Waals surface area contributed by atoms with Gasteiger partial charge in [-0.15, -0.1) is 0 Å². The quantitative estimate of drug-likeness (QED) is 0.196. The van der Waals surface area contributed by atoms with Crippen molar-refractivity contribution in [2.75, 3.05) is 18.0 Å². The van der Waals surface area contributed by atoms with E-state index in [1.54, 1.807) is 0 Å². The fourth-order valence-electron chi connectivity index (χ4n) is 4.64. The molecule has 0 saturated carbocycles. The van der Waals surface area contributed by atoms with Crippen LogP contribution in [0.4, 0.5) is 80.3 Å². The van der Waals surface area contributed by atoms with Crippen LogP contribution < -0.4 is 9.64 Å².